The number of aliphatic hydroxyl groups is 1. The van der Waals surface area contributed by atoms with E-state index in [1.807, 2.05) is 6.07 Å². The Morgan fingerprint density at radius 3 is 2.27 bits per heavy atom. The maximum atomic E-state index is 12.5. The van der Waals surface area contributed by atoms with E-state index in [4.69, 9.17) is 10.8 Å². The molecule has 0 spiro atoms. The van der Waals surface area contributed by atoms with E-state index in [0.29, 0.717) is 12.2 Å². The lowest BCUT2D eigenvalue weighted by Crippen LogP contribution is -2.55. The summed E-state index contributed by atoms with van der Waals surface area (Å²) in [6.45, 7) is -1.01. The number of aliphatic hydroxyl groups excluding tert-OH is 1. The highest BCUT2D eigenvalue weighted by Gasteiger charge is 2.24. The number of nitrogens with two attached hydrogens (primary N) is 1. The molecule has 1 aromatic rings. The third kappa shape index (κ3) is 15.9. The van der Waals surface area contributed by atoms with Crippen LogP contribution in [0.2, 0.25) is 0 Å². The van der Waals surface area contributed by atoms with Crippen LogP contribution in [-0.4, -0.2) is 113 Å². The van der Waals surface area contributed by atoms with Crippen LogP contribution in [0.25, 0.3) is 0 Å². The molecule has 1 rings (SSSR count). The summed E-state index contributed by atoms with van der Waals surface area (Å²) >= 11 is 0. The third-order valence-corrected chi connectivity index (χ3v) is 7.71. The number of aliphatic carboxylic acids is 2. The van der Waals surface area contributed by atoms with Gasteiger partial charge in [-0.2, -0.15) is 0 Å². The fraction of sp³-hybridized carbons (Fsp3) is 0.500. The molecule has 0 unspecified atom stereocenters. The molecule has 41 heavy (non-hydrogen) atoms. The highest BCUT2D eigenvalue weighted by Crippen LogP contribution is 2.21. The van der Waals surface area contributed by atoms with Crippen molar-refractivity contribution in [1.29, 1.82) is 0 Å². The molecule has 0 aliphatic carbocycles. The Morgan fingerprint density at radius 2 is 1.66 bits per heavy atom. The summed E-state index contributed by atoms with van der Waals surface area (Å²) in [7, 11) is 2.50. The fourth-order valence-electron chi connectivity index (χ4n) is 3.24. The predicted octanol–water partition coefficient (Wildman–Crippen LogP) is -2.72. The summed E-state index contributed by atoms with van der Waals surface area (Å²) in [5.41, 5.74) is 6.62. The summed E-state index contributed by atoms with van der Waals surface area (Å²) in [4.78, 5) is 70.7. The maximum absolute atomic E-state index is 12.5. The van der Waals surface area contributed by atoms with E-state index in [1.165, 1.54) is 21.6 Å². The Kier molecular flexibility index (Phi) is 17.8. The number of rotatable bonds is 22. The van der Waals surface area contributed by atoms with Crippen molar-refractivity contribution in [3.8, 4) is 0 Å². The zero-order chi connectivity index (χ0) is 30.6. The number of benzene rings is 1. The van der Waals surface area contributed by atoms with Gasteiger partial charge in [0.1, 0.15) is 18.1 Å². The molecule has 1 aromatic carbocycles. The SMILES string of the molecule is N[C@@H](CNC(=O)CNC(=O)[C@H](Cc1ccccc1)NC=O)C(=O)N[C@H](CN[C@@H](CSSCCO)C(=O)O)CC(=O)O. The summed E-state index contributed by atoms with van der Waals surface area (Å²) in [5, 5.41) is 39.7. The van der Waals surface area contributed by atoms with Crippen LogP contribution in [-0.2, 0) is 35.2 Å². The Morgan fingerprint density at radius 1 is 0.951 bits per heavy atom. The van der Waals surface area contributed by atoms with Crippen molar-refractivity contribution >= 4 is 57.7 Å². The van der Waals surface area contributed by atoms with Crippen molar-refractivity contribution in [3.63, 3.8) is 0 Å². The van der Waals surface area contributed by atoms with Gasteiger partial charge < -0.3 is 47.6 Å². The van der Waals surface area contributed by atoms with Crippen molar-refractivity contribution in [2.45, 2.75) is 37.0 Å². The lowest BCUT2D eigenvalue weighted by Gasteiger charge is -2.22. The minimum Gasteiger partial charge on any atom is -0.481 e. The molecule has 0 saturated heterocycles. The molecular formula is C24H36N6O9S2. The molecule has 0 aromatic heterocycles. The Balaban J connectivity index is 2.54. The zero-order valence-corrected chi connectivity index (χ0v) is 23.7. The molecule has 4 atom stereocenters. The number of amides is 4. The Labute approximate surface area is 244 Å². The highest BCUT2D eigenvalue weighted by atomic mass is 33.1. The number of hydrogen-bond donors (Lipinski definition) is 9. The first-order valence-corrected chi connectivity index (χ1v) is 14.9. The van der Waals surface area contributed by atoms with Gasteiger partial charge in [-0.05, 0) is 5.56 Å². The molecule has 0 aliphatic heterocycles. The van der Waals surface area contributed by atoms with Crippen molar-refractivity contribution in [2.24, 2.45) is 5.73 Å². The molecule has 0 bridgehead atoms. The molecular weight excluding hydrogens is 580 g/mol. The molecule has 0 saturated carbocycles. The molecule has 10 N–H and O–H groups in total. The zero-order valence-electron chi connectivity index (χ0n) is 22.1. The normalized spacial score (nSPS) is 13.6. The van der Waals surface area contributed by atoms with Gasteiger partial charge in [0.15, 0.2) is 0 Å². The molecule has 4 amide bonds. The minimum atomic E-state index is -1.27. The second-order valence-electron chi connectivity index (χ2n) is 8.59. The third-order valence-electron chi connectivity index (χ3n) is 5.32. The fourth-order valence-corrected chi connectivity index (χ4v) is 5.20. The van der Waals surface area contributed by atoms with E-state index in [0.717, 1.165) is 5.56 Å². The van der Waals surface area contributed by atoms with E-state index in [9.17, 15) is 39.0 Å². The molecule has 15 nitrogen and oxygen atoms in total. The molecule has 17 heteroatoms. The van der Waals surface area contributed by atoms with Crippen molar-refractivity contribution in [3.05, 3.63) is 35.9 Å². The van der Waals surface area contributed by atoms with E-state index in [-0.39, 0.29) is 31.9 Å². The number of carboxylic acid groups (broad SMARTS) is 2. The summed E-state index contributed by atoms with van der Waals surface area (Å²) < 4.78 is 0. The van der Waals surface area contributed by atoms with E-state index >= 15 is 0 Å². The van der Waals surface area contributed by atoms with Gasteiger partial charge in [-0.3, -0.25) is 28.8 Å². The first-order chi connectivity index (χ1) is 19.6. The monoisotopic (exact) mass is 616 g/mol. The highest BCUT2D eigenvalue weighted by molar-refractivity contribution is 8.76. The van der Waals surface area contributed by atoms with Gasteiger partial charge in [0.05, 0.1) is 25.6 Å². The number of carboxylic acids is 2. The number of hydrogen-bond acceptors (Lipinski definition) is 11. The molecule has 228 valence electrons. The number of nitrogens with one attached hydrogen (secondary N) is 5. The largest absolute Gasteiger partial charge is 0.481 e. The molecule has 0 fully saturated rings. The molecule has 0 aliphatic rings. The lowest BCUT2D eigenvalue weighted by molar-refractivity contribution is -0.138. The van der Waals surface area contributed by atoms with Gasteiger partial charge in [-0.25, -0.2) is 0 Å². The van der Waals surface area contributed by atoms with Crippen LogP contribution in [0.4, 0.5) is 0 Å². The van der Waals surface area contributed by atoms with E-state index in [1.54, 1.807) is 24.3 Å². The number of carbonyl (C=O) groups is 6. The summed E-state index contributed by atoms with van der Waals surface area (Å²) in [6, 6.07) is 4.74. The Hall–Kier alpha value is -3.38. The summed E-state index contributed by atoms with van der Waals surface area (Å²) in [5.74, 6) is -3.87. The standard InChI is InChI=1S/C24H36N6O9S2/c25-17(11-27-20(33)12-28-23(37)18(29-14-32)8-15-4-2-1-3-5-15)22(36)30-16(9-21(34)35)10-26-19(24(38)39)13-41-40-7-6-31/h1-5,14,16-19,26,31H,6-13,25H2,(H,27,33)(H,28,37)(H,29,32)(H,30,36)(H,34,35)(H,38,39)/t16-,17-,18-,19-/m0/s1. The molecule has 0 radical (unpaired) electrons. The summed E-state index contributed by atoms with van der Waals surface area (Å²) in [6.07, 6.45) is 0.0812. The van der Waals surface area contributed by atoms with Gasteiger partial charge in [-0.1, -0.05) is 51.9 Å². The van der Waals surface area contributed by atoms with Crippen LogP contribution >= 0.6 is 21.6 Å². The van der Waals surface area contributed by atoms with Gasteiger partial charge in [0.2, 0.25) is 24.1 Å². The minimum absolute atomic E-state index is 0.0565. The number of carbonyl (C=O) groups excluding carboxylic acids is 4. The lowest BCUT2D eigenvalue weighted by atomic mass is 10.1. The van der Waals surface area contributed by atoms with Crippen molar-refractivity contribution in [1.82, 2.24) is 26.6 Å². The second-order valence-corrected chi connectivity index (χ2v) is 11.2. The van der Waals surface area contributed by atoms with Crippen molar-refractivity contribution in [2.75, 3.05) is 37.7 Å². The Bertz CT molecular complexity index is 1010. The van der Waals surface area contributed by atoms with E-state index in [2.05, 4.69) is 26.6 Å². The first kappa shape index (κ1) is 35.6. The van der Waals surface area contributed by atoms with Gasteiger partial charge in [-0.15, -0.1) is 0 Å². The van der Waals surface area contributed by atoms with Crippen LogP contribution in [0.15, 0.2) is 30.3 Å². The van der Waals surface area contributed by atoms with Gasteiger partial charge in [0, 0.05) is 31.0 Å². The van der Waals surface area contributed by atoms with Crippen LogP contribution in [0.3, 0.4) is 0 Å². The quantitative estimate of drug-likeness (QED) is 0.0365. The van der Waals surface area contributed by atoms with Gasteiger partial charge in [0.25, 0.3) is 0 Å². The van der Waals surface area contributed by atoms with Crippen LogP contribution in [0.1, 0.15) is 12.0 Å². The van der Waals surface area contributed by atoms with Gasteiger partial charge >= 0.3 is 11.9 Å². The van der Waals surface area contributed by atoms with E-state index < -0.39 is 66.8 Å². The molecule has 0 heterocycles. The second kappa shape index (κ2) is 20.5. The maximum Gasteiger partial charge on any atom is 0.321 e. The topological polar surface area (TPSA) is 249 Å². The average Bonchev–Trinajstić information content (AvgIpc) is 2.93. The van der Waals surface area contributed by atoms with Crippen molar-refractivity contribution < 1.29 is 44.1 Å². The smallest absolute Gasteiger partial charge is 0.321 e. The van der Waals surface area contributed by atoms with Crippen LogP contribution in [0.5, 0.6) is 0 Å². The first-order valence-electron chi connectivity index (χ1n) is 12.4. The van der Waals surface area contributed by atoms with Crippen LogP contribution in [0, 0.1) is 0 Å². The average molecular weight is 617 g/mol. The predicted molar refractivity (Wildman–Crippen MR) is 153 cm³/mol. The van der Waals surface area contributed by atoms with Crippen LogP contribution < -0.4 is 32.3 Å².